The number of oxazole rings is 1. The Morgan fingerprint density at radius 3 is 2.69 bits per heavy atom. The number of hydrogen-bond donors (Lipinski definition) is 0. The van der Waals surface area contributed by atoms with Gasteiger partial charge in [-0.25, -0.2) is 9.97 Å². The van der Waals surface area contributed by atoms with Crippen molar-refractivity contribution < 1.29 is 4.42 Å². The Morgan fingerprint density at radius 2 is 2.12 bits per heavy atom. The Labute approximate surface area is 99.6 Å². The van der Waals surface area contributed by atoms with E-state index in [1.54, 1.807) is 11.3 Å². The summed E-state index contributed by atoms with van der Waals surface area (Å²) in [6, 6.07) is 0. The summed E-state index contributed by atoms with van der Waals surface area (Å²) >= 11 is 1.69. The molecule has 0 bridgehead atoms. The van der Waals surface area contributed by atoms with Crippen molar-refractivity contribution in [3.63, 3.8) is 0 Å². The second-order valence-electron chi connectivity index (χ2n) is 4.30. The van der Waals surface area contributed by atoms with Gasteiger partial charge in [-0.05, 0) is 0 Å². The van der Waals surface area contributed by atoms with E-state index in [9.17, 15) is 0 Å². The minimum atomic E-state index is 0.351. The molecule has 0 aliphatic rings. The van der Waals surface area contributed by atoms with Crippen molar-refractivity contribution in [2.24, 2.45) is 0 Å². The number of hydrogen-bond acceptors (Lipinski definition) is 4. The summed E-state index contributed by atoms with van der Waals surface area (Å²) in [6.07, 6.45) is 4.54. The molecule has 1 unspecified atom stereocenters. The van der Waals surface area contributed by atoms with Gasteiger partial charge in [0, 0.05) is 29.8 Å². The molecule has 2 aromatic heterocycles. The fraction of sp³-hybridized carbons (Fsp3) is 0.500. The molecule has 2 rings (SSSR count). The lowest BCUT2D eigenvalue weighted by Gasteiger charge is -2.04. The summed E-state index contributed by atoms with van der Waals surface area (Å²) in [5.74, 6) is 2.52. The smallest absolute Gasteiger partial charge is 0.196 e. The van der Waals surface area contributed by atoms with Gasteiger partial charge in [-0.15, -0.1) is 11.3 Å². The zero-order valence-corrected chi connectivity index (χ0v) is 10.6. The van der Waals surface area contributed by atoms with Crippen molar-refractivity contribution in [2.45, 2.75) is 39.0 Å². The van der Waals surface area contributed by atoms with E-state index in [1.165, 1.54) is 0 Å². The molecule has 0 N–H and O–H groups in total. The van der Waals surface area contributed by atoms with Crippen molar-refractivity contribution >= 4 is 11.3 Å². The Hall–Kier alpha value is -1.16. The zero-order valence-electron chi connectivity index (χ0n) is 9.80. The molecule has 0 aliphatic heterocycles. The van der Waals surface area contributed by atoms with Crippen LogP contribution in [0.3, 0.4) is 0 Å². The molecular weight excluding hydrogens is 220 g/mol. The molecule has 4 heteroatoms. The van der Waals surface area contributed by atoms with Gasteiger partial charge in [0.05, 0.1) is 11.2 Å². The average Bonchev–Trinajstić information content (AvgIpc) is 2.87. The van der Waals surface area contributed by atoms with Crippen molar-refractivity contribution in [2.75, 3.05) is 0 Å². The summed E-state index contributed by atoms with van der Waals surface area (Å²) in [6.45, 7) is 6.33. The lowest BCUT2D eigenvalue weighted by molar-refractivity contribution is 0.427. The van der Waals surface area contributed by atoms with Crippen LogP contribution in [0.1, 0.15) is 49.3 Å². The Kier molecular flexibility index (Phi) is 3.39. The maximum absolute atomic E-state index is 5.68. The molecule has 3 nitrogen and oxygen atoms in total. The van der Waals surface area contributed by atoms with E-state index >= 15 is 0 Å². The summed E-state index contributed by atoms with van der Waals surface area (Å²) in [5.41, 5.74) is 0. The van der Waals surface area contributed by atoms with Crippen molar-refractivity contribution in [3.8, 4) is 0 Å². The molecule has 0 amide bonds. The topological polar surface area (TPSA) is 38.9 Å². The normalized spacial score (nSPS) is 13.2. The van der Waals surface area contributed by atoms with Gasteiger partial charge in [-0.2, -0.15) is 0 Å². The number of rotatable bonds is 4. The first-order valence-electron chi connectivity index (χ1n) is 5.50. The van der Waals surface area contributed by atoms with Gasteiger partial charge >= 0.3 is 0 Å². The van der Waals surface area contributed by atoms with Gasteiger partial charge in [0.15, 0.2) is 5.89 Å². The Morgan fingerprint density at radius 1 is 1.31 bits per heavy atom. The van der Waals surface area contributed by atoms with Crippen molar-refractivity contribution in [1.29, 1.82) is 0 Å². The molecule has 0 aromatic carbocycles. The quantitative estimate of drug-likeness (QED) is 0.814. The summed E-state index contributed by atoms with van der Waals surface area (Å²) < 4.78 is 5.68. The minimum Gasteiger partial charge on any atom is -0.445 e. The standard InChI is InChI=1S/C12H16N2OS/c1-8(2)11-14-7-10(15-11)6-9(3)12-13-4-5-16-12/h4-5,7-9H,6H2,1-3H3. The van der Waals surface area contributed by atoms with Crippen LogP contribution in [0.15, 0.2) is 22.2 Å². The average molecular weight is 236 g/mol. The fourth-order valence-electron chi connectivity index (χ4n) is 1.55. The van der Waals surface area contributed by atoms with Crippen LogP contribution < -0.4 is 0 Å². The van der Waals surface area contributed by atoms with Crippen LogP contribution in [0.25, 0.3) is 0 Å². The third-order valence-electron chi connectivity index (χ3n) is 2.45. The van der Waals surface area contributed by atoms with Crippen LogP contribution in [0.4, 0.5) is 0 Å². The van der Waals surface area contributed by atoms with Gasteiger partial charge in [0.2, 0.25) is 0 Å². The van der Waals surface area contributed by atoms with Crippen LogP contribution in [-0.2, 0) is 6.42 Å². The van der Waals surface area contributed by atoms with Gasteiger partial charge in [-0.1, -0.05) is 20.8 Å². The van der Waals surface area contributed by atoms with Gasteiger partial charge in [-0.3, -0.25) is 0 Å². The van der Waals surface area contributed by atoms with Crippen molar-refractivity contribution in [1.82, 2.24) is 9.97 Å². The molecule has 0 fully saturated rings. The highest BCUT2D eigenvalue weighted by Gasteiger charge is 2.13. The first-order valence-corrected chi connectivity index (χ1v) is 6.38. The molecule has 0 spiro atoms. The Balaban J connectivity index is 2.03. The third-order valence-corrected chi connectivity index (χ3v) is 3.45. The van der Waals surface area contributed by atoms with Crippen LogP contribution in [0, 0.1) is 0 Å². The van der Waals surface area contributed by atoms with E-state index in [0.717, 1.165) is 23.1 Å². The lowest BCUT2D eigenvalue weighted by atomic mass is 10.1. The zero-order chi connectivity index (χ0) is 11.5. The van der Waals surface area contributed by atoms with Gasteiger partial charge < -0.3 is 4.42 Å². The van der Waals surface area contributed by atoms with Gasteiger partial charge in [0.25, 0.3) is 0 Å². The van der Waals surface area contributed by atoms with Crippen molar-refractivity contribution in [3.05, 3.63) is 34.4 Å². The molecule has 16 heavy (non-hydrogen) atoms. The second-order valence-corrected chi connectivity index (χ2v) is 5.22. The van der Waals surface area contributed by atoms with E-state index in [4.69, 9.17) is 4.42 Å². The Bertz CT molecular complexity index is 434. The molecule has 0 saturated heterocycles. The van der Waals surface area contributed by atoms with E-state index in [0.29, 0.717) is 11.8 Å². The van der Waals surface area contributed by atoms with E-state index in [-0.39, 0.29) is 0 Å². The molecule has 1 atom stereocenters. The first-order chi connectivity index (χ1) is 7.66. The fourth-order valence-corrected chi connectivity index (χ4v) is 2.25. The SMILES string of the molecule is CC(C)c1ncc(CC(C)c2nccs2)o1. The monoisotopic (exact) mass is 236 g/mol. The number of thiazole rings is 1. The highest BCUT2D eigenvalue weighted by atomic mass is 32.1. The van der Waals surface area contributed by atoms with Crippen LogP contribution in [0.2, 0.25) is 0 Å². The van der Waals surface area contributed by atoms with Crippen LogP contribution in [0.5, 0.6) is 0 Å². The van der Waals surface area contributed by atoms with Gasteiger partial charge in [0.1, 0.15) is 5.76 Å². The van der Waals surface area contributed by atoms with E-state index in [2.05, 4.69) is 30.7 Å². The molecule has 2 heterocycles. The molecule has 86 valence electrons. The van der Waals surface area contributed by atoms with E-state index < -0.39 is 0 Å². The second kappa shape index (κ2) is 4.78. The highest BCUT2D eigenvalue weighted by Crippen LogP contribution is 2.23. The molecule has 0 aliphatic carbocycles. The highest BCUT2D eigenvalue weighted by molar-refractivity contribution is 7.09. The largest absolute Gasteiger partial charge is 0.445 e. The number of aromatic nitrogens is 2. The summed E-state index contributed by atoms with van der Waals surface area (Å²) in [4.78, 5) is 8.58. The predicted molar refractivity (Wildman–Crippen MR) is 64.8 cm³/mol. The molecule has 0 saturated carbocycles. The third kappa shape index (κ3) is 2.50. The van der Waals surface area contributed by atoms with E-state index in [1.807, 2.05) is 17.8 Å². The minimum absolute atomic E-state index is 0.351. The predicted octanol–water partition coefficient (Wildman–Crippen LogP) is 3.60. The molecule has 2 aromatic rings. The molecular formula is C12H16N2OS. The molecule has 0 radical (unpaired) electrons. The summed E-state index contributed by atoms with van der Waals surface area (Å²) in [7, 11) is 0. The maximum Gasteiger partial charge on any atom is 0.196 e. The lowest BCUT2D eigenvalue weighted by Crippen LogP contribution is -1.96. The van der Waals surface area contributed by atoms with Crippen LogP contribution in [-0.4, -0.2) is 9.97 Å². The van der Waals surface area contributed by atoms with Crippen LogP contribution >= 0.6 is 11.3 Å². The number of nitrogens with zero attached hydrogens (tertiary/aromatic N) is 2. The summed E-state index contributed by atoms with van der Waals surface area (Å²) in [5, 5.41) is 3.16. The first kappa shape index (κ1) is 11.3. The maximum atomic E-state index is 5.68.